The first-order chi connectivity index (χ1) is 11.9. The fraction of sp³-hybridized carbons (Fsp3) is 0.810. The Labute approximate surface area is 149 Å². The molecule has 2 bridgehead atoms. The predicted molar refractivity (Wildman–Crippen MR) is 91.1 cm³/mol. The largest absolute Gasteiger partial charge is 0.396 e. The van der Waals surface area contributed by atoms with E-state index in [1.54, 1.807) is 0 Å². The highest BCUT2D eigenvalue weighted by atomic mass is 16.6. The number of aliphatic hydroxyl groups excluding tert-OH is 1. The van der Waals surface area contributed by atoms with Gasteiger partial charge in [0.25, 0.3) is 0 Å². The molecule has 8 atom stereocenters. The quantitative estimate of drug-likeness (QED) is 0.451. The minimum Gasteiger partial charge on any atom is -0.396 e. The van der Waals surface area contributed by atoms with Gasteiger partial charge in [0.15, 0.2) is 0 Å². The number of aliphatic hydroxyl groups is 1. The molecule has 0 radical (unpaired) electrons. The molecule has 25 heavy (non-hydrogen) atoms. The molecular formula is C21H28O4. The predicted octanol–water partition coefficient (Wildman–Crippen LogP) is 3.09. The van der Waals surface area contributed by atoms with Gasteiger partial charge in [0.05, 0.1) is 11.8 Å². The Morgan fingerprint density at radius 1 is 1.20 bits per heavy atom. The lowest BCUT2D eigenvalue weighted by atomic mass is 9.33. The third kappa shape index (κ3) is 1.64. The van der Waals surface area contributed by atoms with Crippen molar-refractivity contribution in [2.75, 3.05) is 6.61 Å². The fourth-order valence-corrected chi connectivity index (χ4v) is 8.16. The average molecular weight is 344 g/mol. The summed E-state index contributed by atoms with van der Waals surface area (Å²) in [5, 5.41) is 10.2. The number of hydrogen-bond donors (Lipinski definition) is 1. The normalized spacial score (nSPS) is 56.2. The molecule has 1 aliphatic heterocycles. The number of cyclic esters (lactones) is 2. The number of esters is 2. The summed E-state index contributed by atoms with van der Waals surface area (Å²) in [6.45, 7) is 4.78. The SMILES string of the molecule is C[C@@]1(CO)CCC[C@]2(C)[C@@H]1CC[C@H]1C[C@@H]3C=C[C@]12[C@H]1C(=O)OC(=O)[C@H]31. The summed E-state index contributed by atoms with van der Waals surface area (Å²) >= 11 is 0. The molecule has 0 aromatic rings. The minimum absolute atomic E-state index is 0.0555. The van der Waals surface area contributed by atoms with Gasteiger partial charge < -0.3 is 9.84 Å². The van der Waals surface area contributed by atoms with E-state index in [-0.39, 0.29) is 52.5 Å². The smallest absolute Gasteiger partial charge is 0.318 e. The van der Waals surface area contributed by atoms with Gasteiger partial charge in [-0.25, -0.2) is 0 Å². The number of carbonyl (C=O) groups is 2. The molecule has 3 saturated carbocycles. The Bertz CT molecular complexity index is 683. The van der Waals surface area contributed by atoms with Gasteiger partial charge in [0, 0.05) is 12.0 Å². The zero-order chi connectivity index (χ0) is 17.6. The molecule has 1 N–H and O–H groups in total. The van der Waals surface area contributed by atoms with Crippen LogP contribution >= 0.6 is 0 Å². The summed E-state index contributed by atoms with van der Waals surface area (Å²) in [4.78, 5) is 25.2. The van der Waals surface area contributed by atoms with E-state index in [4.69, 9.17) is 4.74 Å². The van der Waals surface area contributed by atoms with Gasteiger partial charge in [-0.05, 0) is 60.7 Å². The van der Waals surface area contributed by atoms with Crippen LogP contribution in [0.3, 0.4) is 0 Å². The van der Waals surface area contributed by atoms with Crippen LogP contribution in [-0.2, 0) is 14.3 Å². The Morgan fingerprint density at radius 3 is 2.76 bits per heavy atom. The maximum Gasteiger partial charge on any atom is 0.318 e. The van der Waals surface area contributed by atoms with E-state index >= 15 is 0 Å². The summed E-state index contributed by atoms with van der Waals surface area (Å²) in [7, 11) is 0. The summed E-state index contributed by atoms with van der Waals surface area (Å²) in [5.74, 6) is -0.137. The molecule has 5 aliphatic carbocycles. The monoisotopic (exact) mass is 344 g/mol. The molecular weight excluding hydrogens is 316 g/mol. The molecule has 6 aliphatic rings. The van der Waals surface area contributed by atoms with Crippen molar-refractivity contribution in [3.8, 4) is 0 Å². The van der Waals surface area contributed by atoms with Crippen LogP contribution in [0.5, 0.6) is 0 Å². The highest BCUT2D eigenvalue weighted by Crippen LogP contribution is 2.75. The molecule has 0 aromatic carbocycles. The number of ether oxygens (including phenoxy) is 1. The minimum atomic E-state index is -0.303. The van der Waals surface area contributed by atoms with Crippen LogP contribution in [0.4, 0.5) is 0 Å². The van der Waals surface area contributed by atoms with Crippen LogP contribution in [0.1, 0.15) is 52.4 Å². The molecule has 1 spiro atoms. The van der Waals surface area contributed by atoms with Crippen molar-refractivity contribution in [3.63, 3.8) is 0 Å². The Kier molecular flexibility index (Phi) is 3.06. The molecule has 6 rings (SSSR count). The number of hydrogen-bond acceptors (Lipinski definition) is 4. The highest BCUT2D eigenvalue weighted by Gasteiger charge is 2.73. The van der Waals surface area contributed by atoms with Crippen LogP contribution in [0, 0.1) is 45.8 Å². The summed E-state index contributed by atoms with van der Waals surface area (Å²) < 4.78 is 5.17. The van der Waals surface area contributed by atoms with Gasteiger partial charge in [-0.1, -0.05) is 32.4 Å². The highest BCUT2D eigenvalue weighted by molar-refractivity contribution is 5.98. The van der Waals surface area contributed by atoms with Crippen molar-refractivity contribution in [3.05, 3.63) is 12.2 Å². The van der Waals surface area contributed by atoms with Crippen molar-refractivity contribution in [2.45, 2.75) is 52.4 Å². The molecule has 4 heteroatoms. The first-order valence-corrected chi connectivity index (χ1v) is 9.93. The topological polar surface area (TPSA) is 63.6 Å². The maximum atomic E-state index is 12.8. The molecule has 136 valence electrons. The van der Waals surface area contributed by atoms with Crippen molar-refractivity contribution >= 4 is 11.9 Å². The van der Waals surface area contributed by atoms with Gasteiger partial charge in [-0.3, -0.25) is 9.59 Å². The van der Waals surface area contributed by atoms with E-state index in [0.29, 0.717) is 11.8 Å². The number of allylic oxidation sites excluding steroid dienone is 2. The van der Waals surface area contributed by atoms with Gasteiger partial charge in [0.2, 0.25) is 0 Å². The van der Waals surface area contributed by atoms with Crippen LogP contribution < -0.4 is 0 Å². The van der Waals surface area contributed by atoms with Gasteiger partial charge >= 0.3 is 11.9 Å². The van der Waals surface area contributed by atoms with Gasteiger partial charge in [-0.15, -0.1) is 0 Å². The van der Waals surface area contributed by atoms with Crippen molar-refractivity contribution in [2.24, 2.45) is 45.8 Å². The van der Waals surface area contributed by atoms with E-state index < -0.39 is 0 Å². The van der Waals surface area contributed by atoms with E-state index in [1.165, 1.54) is 0 Å². The zero-order valence-corrected chi connectivity index (χ0v) is 15.2. The van der Waals surface area contributed by atoms with Gasteiger partial charge in [0.1, 0.15) is 0 Å². The first-order valence-electron chi connectivity index (χ1n) is 9.93. The number of fused-ring (bicyclic) bond motifs is 1. The zero-order valence-electron chi connectivity index (χ0n) is 15.2. The van der Waals surface area contributed by atoms with Gasteiger partial charge in [-0.2, -0.15) is 0 Å². The van der Waals surface area contributed by atoms with Crippen LogP contribution in [0.15, 0.2) is 12.2 Å². The molecule has 4 fully saturated rings. The lowest BCUT2D eigenvalue weighted by molar-refractivity contribution is -0.204. The van der Waals surface area contributed by atoms with Crippen molar-refractivity contribution in [1.29, 1.82) is 0 Å². The first kappa shape index (κ1) is 16.0. The summed E-state index contributed by atoms with van der Waals surface area (Å²) in [6.07, 6.45) is 11.0. The van der Waals surface area contributed by atoms with E-state index in [0.717, 1.165) is 38.5 Å². The number of carbonyl (C=O) groups excluding carboxylic acids is 2. The summed E-state index contributed by atoms with van der Waals surface area (Å²) in [6, 6.07) is 0. The van der Waals surface area contributed by atoms with Crippen LogP contribution in [-0.4, -0.2) is 23.7 Å². The molecule has 0 amide bonds. The number of rotatable bonds is 1. The summed E-state index contributed by atoms with van der Waals surface area (Å²) in [5.41, 5.74) is -0.410. The van der Waals surface area contributed by atoms with Crippen molar-refractivity contribution < 1.29 is 19.4 Å². The van der Waals surface area contributed by atoms with E-state index in [2.05, 4.69) is 26.0 Å². The van der Waals surface area contributed by atoms with E-state index in [9.17, 15) is 14.7 Å². The second-order valence-corrected chi connectivity index (χ2v) is 9.85. The second kappa shape index (κ2) is 4.76. The fourth-order valence-electron chi connectivity index (χ4n) is 8.16. The molecule has 4 nitrogen and oxygen atoms in total. The maximum absolute atomic E-state index is 12.8. The third-order valence-electron chi connectivity index (χ3n) is 9.12. The Balaban J connectivity index is 1.71. The Hall–Kier alpha value is -1.16. The lowest BCUT2D eigenvalue weighted by Crippen LogP contribution is -2.66. The Morgan fingerprint density at radius 2 is 2.00 bits per heavy atom. The standard InChI is InChI=1S/C21H28O4/c1-19(11-22)7-3-8-20(2)14(19)5-4-13-10-12-6-9-21(13,20)16-15(12)17(23)25-18(16)24/h6,9,12-16,22H,3-5,7-8,10-11H2,1-2H3/t12-,13-,14+,15+,16+,19-,20+,21+/m0/s1. The van der Waals surface area contributed by atoms with Crippen LogP contribution in [0.2, 0.25) is 0 Å². The lowest BCUT2D eigenvalue weighted by Gasteiger charge is -2.69. The van der Waals surface area contributed by atoms with Crippen LogP contribution in [0.25, 0.3) is 0 Å². The van der Waals surface area contributed by atoms with Crippen molar-refractivity contribution in [1.82, 2.24) is 0 Å². The van der Waals surface area contributed by atoms with E-state index in [1.807, 2.05) is 0 Å². The second-order valence-electron chi connectivity index (χ2n) is 9.85. The average Bonchev–Trinajstić information content (AvgIpc) is 2.91. The molecule has 0 aromatic heterocycles. The molecule has 0 unspecified atom stereocenters. The molecule has 1 saturated heterocycles. The third-order valence-corrected chi connectivity index (χ3v) is 9.12. The molecule has 1 heterocycles.